The molecular weight excluding hydrogens is 590 g/mol. The summed E-state index contributed by atoms with van der Waals surface area (Å²) in [6, 6.07) is 13.0. The third-order valence-corrected chi connectivity index (χ3v) is 7.81. The summed E-state index contributed by atoms with van der Waals surface area (Å²) in [5.74, 6) is -4.23. The van der Waals surface area contributed by atoms with Gasteiger partial charge in [-0.05, 0) is 47.3 Å². The third kappa shape index (κ3) is 8.10. The van der Waals surface area contributed by atoms with Crippen LogP contribution in [0.15, 0.2) is 53.4 Å². The molecular formula is C27H30F6N4O4S. The molecule has 1 saturated heterocycles. The van der Waals surface area contributed by atoms with Crippen LogP contribution in [0.4, 0.5) is 26.3 Å². The highest BCUT2D eigenvalue weighted by Crippen LogP contribution is 2.42. The number of carboxylic acids is 2. The molecule has 2 aliphatic heterocycles. The Kier molecular flexibility index (Phi) is 10.8. The van der Waals surface area contributed by atoms with Crippen molar-refractivity contribution < 1.29 is 46.1 Å². The van der Waals surface area contributed by atoms with Crippen LogP contribution in [0.1, 0.15) is 31.2 Å². The van der Waals surface area contributed by atoms with Crippen molar-refractivity contribution in [2.75, 3.05) is 26.2 Å². The summed E-state index contributed by atoms with van der Waals surface area (Å²) in [4.78, 5) is 28.1. The Balaban J connectivity index is 0.000000289. The molecule has 2 aliphatic rings. The highest BCUT2D eigenvalue weighted by molar-refractivity contribution is 7.07. The molecule has 230 valence electrons. The van der Waals surface area contributed by atoms with E-state index in [9.17, 15) is 26.3 Å². The quantitative estimate of drug-likeness (QED) is 0.361. The molecule has 3 aromatic rings. The number of aliphatic carboxylic acids is 2. The molecule has 1 spiro atoms. The van der Waals surface area contributed by atoms with Crippen LogP contribution in [-0.2, 0) is 28.2 Å². The third-order valence-electron chi connectivity index (χ3n) is 7.08. The smallest absolute Gasteiger partial charge is 0.475 e. The summed E-state index contributed by atoms with van der Waals surface area (Å²) in [5.41, 5.74) is 4.08. The largest absolute Gasteiger partial charge is 0.490 e. The van der Waals surface area contributed by atoms with Gasteiger partial charge in [-0.3, -0.25) is 9.80 Å². The van der Waals surface area contributed by atoms with Crippen LogP contribution in [0.5, 0.6) is 0 Å². The van der Waals surface area contributed by atoms with Crippen LogP contribution >= 0.6 is 11.3 Å². The molecule has 4 heterocycles. The number of aromatic nitrogens is 2. The van der Waals surface area contributed by atoms with E-state index in [1.807, 2.05) is 0 Å². The van der Waals surface area contributed by atoms with Crippen molar-refractivity contribution in [2.45, 2.75) is 50.7 Å². The lowest BCUT2D eigenvalue weighted by molar-refractivity contribution is -0.193. The lowest BCUT2D eigenvalue weighted by Crippen LogP contribution is -2.57. The SMILES string of the molecule is CCN1CCn2c(-c3ccccc3)cnc2C12CCN(Cc1ccsc1)CC2.O=C(O)C(F)(F)F.O=C(O)C(F)(F)F. The molecule has 2 aromatic heterocycles. The van der Waals surface area contributed by atoms with Crippen LogP contribution in [-0.4, -0.2) is 80.0 Å². The van der Waals surface area contributed by atoms with Gasteiger partial charge in [0.2, 0.25) is 0 Å². The predicted octanol–water partition coefficient (Wildman–Crippen LogP) is 5.71. The number of likely N-dealkylation sites (N-methyl/N-ethyl adjacent to an activating group) is 1. The zero-order chi connectivity index (χ0) is 31.1. The van der Waals surface area contributed by atoms with E-state index >= 15 is 0 Å². The summed E-state index contributed by atoms with van der Waals surface area (Å²) in [7, 11) is 0. The second-order valence-electron chi connectivity index (χ2n) is 9.61. The zero-order valence-electron chi connectivity index (χ0n) is 22.5. The van der Waals surface area contributed by atoms with Gasteiger partial charge >= 0.3 is 24.3 Å². The molecule has 0 bridgehead atoms. The lowest BCUT2D eigenvalue weighted by Gasteiger charge is -2.50. The van der Waals surface area contributed by atoms with E-state index in [0.29, 0.717) is 0 Å². The van der Waals surface area contributed by atoms with Gasteiger partial charge in [-0.1, -0.05) is 37.3 Å². The maximum Gasteiger partial charge on any atom is 0.490 e. The number of piperidine rings is 1. The van der Waals surface area contributed by atoms with E-state index in [1.54, 1.807) is 11.3 Å². The normalized spacial score (nSPS) is 16.9. The highest BCUT2D eigenvalue weighted by atomic mass is 32.1. The number of hydrogen-bond acceptors (Lipinski definition) is 6. The standard InChI is InChI=1S/C23H28N4S.2C2HF3O2/c1-2-26-13-14-27-21(20-6-4-3-5-7-20)16-24-22(27)23(26)9-11-25(12-10-23)17-19-8-15-28-18-19;2*3-2(4,5)1(6)7/h3-8,15-16,18H,2,9-14,17H2,1H3;2*(H,6,7). The molecule has 5 rings (SSSR count). The minimum absolute atomic E-state index is 0.0885. The van der Waals surface area contributed by atoms with Gasteiger partial charge in [-0.2, -0.15) is 37.7 Å². The number of imidazole rings is 1. The van der Waals surface area contributed by atoms with Crippen molar-refractivity contribution >= 4 is 23.3 Å². The number of nitrogens with zero attached hydrogens (tertiary/aromatic N) is 4. The van der Waals surface area contributed by atoms with Gasteiger partial charge < -0.3 is 14.8 Å². The molecule has 0 unspecified atom stereocenters. The maximum absolute atomic E-state index is 10.6. The summed E-state index contributed by atoms with van der Waals surface area (Å²) in [6.07, 6.45) is -5.74. The Labute approximate surface area is 241 Å². The van der Waals surface area contributed by atoms with Gasteiger partial charge in [0.15, 0.2) is 0 Å². The number of likely N-dealkylation sites (tertiary alicyclic amines) is 1. The zero-order valence-corrected chi connectivity index (χ0v) is 23.3. The molecule has 0 amide bonds. The molecule has 0 saturated carbocycles. The number of benzene rings is 1. The van der Waals surface area contributed by atoms with Gasteiger partial charge in [0.25, 0.3) is 0 Å². The van der Waals surface area contributed by atoms with Gasteiger partial charge in [-0.25, -0.2) is 14.6 Å². The van der Waals surface area contributed by atoms with Crippen LogP contribution in [0.2, 0.25) is 0 Å². The number of rotatable bonds is 4. The minimum Gasteiger partial charge on any atom is -0.475 e. The Bertz CT molecular complexity index is 1280. The van der Waals surface area contributed by atoms with Crippen LogP contribution in [0.25, 0.3) is 11.3 Å². The first kappa shape index (κ1) is 33.1. The Morgan fingerprint density at radius 1 is 0.929 bits per heavy atom. The number of fused-ring (bicyclic) bond motifs is 2. The Morgan fingerprint density at radius 3 is 1.98 bits per heavy atom. The maximum atomic E-state index is 10.6. The van der Waals surface area contributed by atoms with Gasteiger partial charge in [-0.15, -0.1) is 0 Å². The number of thiophene rings is 1. The topological polar surface area (TPSA) is 98.9 Å². The first-order valence-corrected chi connectivity index (χ1v) is 13.8. The molecule has 42 heavy (non-hydrogen) atoms. The first-order valence-electron chi connectivity index (χ1n) is 12.9. The first-order chi connectivity index (χ1) is 19.7. The molecule has 1 fully saturated rings. The molecule has 15 heteroatoms. The van der Waals surface area contributed by atoms with Crippen molar-refractivity contribution in [2.24, 2.45) is 0 Å². The van der Waals surface area contributed by atoms with E-state index in [-0.39, 0.29) is 5.54 Å². The van der Waals surface area contributed by atoms with Crippen LogP contribution < -0.4 is 0 Å². The highest BCUT2D eigenvalue weighted by Gasteiger charge is 2.46. The minimum atomic E-state index is -5.08. The van der Waals surface area contributed by atoms with Crippen molar-refractivity contribution in [3.05, 3.63) is 64.7 Å². The number of carbonyl (C=O) groups is 2. The Hall–Kier alpha value is -3.43. The molecule has 0 radical (unpaired) electrons. The molecule has 0 aliphatic carbocycles. The van der Waals surface area contributed by atoms with Crippen LogP contribution in [0.3, 0.4) is 0 Å². The summed E-state index contributed by atoms with van der Waals surface area (Å²) >= 11 is 1.80. The molecule has 0 atom stereocenters. The molecule has 2 N–H and O–H groups in total. The van der Waals surface area contributed by atoms with E-state index in [4.69, 9.17) is 24.8 Å². The second-order valence-corrected chi connectivity index (χ2v) is 10.4. The van der Waals surface area contributed by atoms with E-state index < -0.39 is 24.3 Å². The van der Waals surface area contributed by atoms with Crippen molar-refractivity contribution in [1.29, 1.82) is 0 Å². The van der Waals surface area contributed by atoms with E-state index in [0.717, 1.165) is 52.1 Å². The van der Waals surface area contributed by atoms with Crippen LogP contribution in [0, 0.1) is 0 Å². The van der Waals surface area contributed by atoms with Gasteiger partial charge in [0.1, 0.15) is 5.82 Å². The van der Waals surface area contributed by atoms with Crippen molar-refractivity contribution in [3.63, 3.8) is 0 Å². The van der Waals surface area contributed by atoms with Gasteiger partial charge in [0.05, 0.1) is 17.4 Å². The number of hydrogen-bond donors (Lipinski definition) is 2. The van der Waals surface area contributed by atoms with Crippen molar-refractivity contribution in [3.8, 4) is 11.3 Å². The monoisotopic (exact) mass is 620 g/mol. The van der Waals surface area contributed by atoms with E-state index in [1.165, 1.54) is 22.6 Å². The summed E-state index contributed by atoms with van der Waals surface area (Å²) in [5, 5.41) is 18.7. The number of carboxylic acid groups (broad SMARTS) is 2. The van der Waals surface area contributed by atoms with Gasteiger partial charge in [0, 0.05) is 32.7 Å². The fourth-order valence-electron chi connectivity index (χ4n) is 5.11. The number of halogens is 6. The summed E-state index contributed by atoms with van der Waals surface area (Å²) < 4.78 is 66.0. The molecule has 8 nitrogen and oxygen atoms in total. The van der Waals surface area contributed by atoms with Crippen molar-refractivity contribution in [1.82, 2.24) is 19.4 Å². The fraction of sp³-hybridized carbons (Fsp3) is 0.444. The number of alkyl halides is 6. The molecule has 1 aromatic carbocycles. The second kappa shape index (κ2) is 13.7. The Morgan fingerprint density at radius 2 is 1.50 bits per heavy atom. The van der Waals surface area contributed by atoms with E-state index in [2.05, 4.69) is 74.6 Å². The average Bonchev–Trinajstić information content (AvgIpc) is 3.61. The fourth-order valence-corrected chi connectivity index (χ4v) is 5.77. The predicted molar refractivity (Wildman–Crippen MR) is 143 cm³/mol. The summed E-state index contributed by atoms with van der Waals surface area (Å²) in [6.45, 7) is 8.90. The lowest BCUT2D eigenvalue weighted by atomic mass is 9.83. The average molecular weight is 621 g/mol.